The second kappa shape index (κ2) is 4.75. The molecule has 1 fully saturated rings. The molecule has 1 saturated heterocycles. The van der Waals surface area contributed by atoms with Crippen molar-refractivity contribution in [1.82, 2.24) is 0 Å². The molecule has 0 unspecified atom stereocenters. The molecule has 0 aromatic heterocycles. The smallest absolute Gasteiger partial charge is 0.406 e. The van der Waals surface area contributed by atoms with E-state index in [0.717, 1.165) is 0 Å². The summed E-state index contributed by atoms with van der Waals surface area (Å²) in [6.07, 6.45) is -4.70. The fourth-order valence-electron chi connectivity index (χ4n) is 1.77. The molecular weight excluding hydrogens is 251 g/mol. The number of benzene rings is 1. The number of ether oxygens (including phenoxy) is 3. The highest BCUT2D eigenvalue weighted by atomic mass is 19.4. The van der Waals surface area contributed by atoms with Gasteiger partial charge in [-0.15, -0.1) is 13.2 Å². The largest absolute Gasteiger partial charge is 0.573 e. The molecule has 1 aromatic rings. The standard InChI is InChI=1S/C11H12F3NO3/c12-11(13,14)18-9-3-1-8(2-4-9)10(7-15)16-5-6-17-10/h1-4H,5-7,15H2. The second-order valence-corrected chi connectivity index (χ2v) is 3.73. The van der Waals surface area contributed by atoms with Gasteiger partial charge in [0.25, 0.3) is 0 Å². The number of nitrogens with two attached hydrogens (primary N) is 1. The molecule has 4 nitrogen and oxygen atoms in total. The van der Waals surface area contributed by atoms with Crippen LogP contribution >= 0.6 is 0 Å². The first kappa shape index (κ1) is 13.1. The summed E-state index contributed by atoms with van der Waals surface area (Å²) < 4.78 is 50.6. The minimum Gasteiger partial charge on any atom is -0.406 e. The van der Waals surface area contributed by atoms with Gasteiger partial charge in [0.2, 0.25) is 5.79 Å². The van der Waals surface area contributed by atoms with E-state index < -0.39 is 12.1 Å². The van der Waals surface area contributed by atoms with Gasteiger partial charge in [-0.1, -0.05) is 0 Å². The molecule has 2 N–H and O–H groups in total. The molecule has 0 saturated carbocycles. The van der Waals surface area contributed by atoms with Gasteiger partial charge >= 0.3 is 6.36 Å². The molecule has 0 amide bonds. The first-order chi connectivity index (χ1) is 8.45. The molecule has 0 aliphatic carbocycles. The third kappa shape index (κ3) is 2.74. The van der Waals surface area contributed by atoms with Crippen LogP contribution in [0.5, 0.6) is 5.75 Å². The number of rotatable bonds is 3. The van der Waals surface area contributed by atoms with Gasteiger partial charge in [0.15, 0.2) is 0 Å². The zero-order valence-electron chi connectivity index (χ0n) is 9.37. The quantitative estimate of drug-likeness (QED) is 0.902. The van der Waals surface area contributed by atoms with Crippen LogP contribution in [0, 0.1) is 0 Å². The van der Waals surface area contributed by atoms with Crippen LogP contribution in [0.2, 0.25) is 0 Å². The minimum absolute atomic E-state index is 0.0898. The Morgan fingerprint density at radius 2 is 1.72 bits per heavy atom. The number of hydrogen-bond donors (Lipinski definition) is 1. The highest BCUT2D eigenvalue weighted by molar-refractivity contribution is 5.30. The lowest BCUT2D eigenvalue weighted by Crippen LogP contribution is -2.36. The fraction of sp³-hybridized carbons (Fsp3) is 0.455. The lowest BCUT2D eigenvalue weighted by molar-refractivity contribution is -0.274. The van der Waals surface area contributed by atoms with E-state index >= 15 is 0 Å². The van der Waals surface area contributed by atoms with Gasteiger partial charge in [-0.3, -0.25) is 0 Å². The van der Waals surface area contributed by atoms with Crippen LogP contribution in [-0.4, -0.2) is 26.1 Å². The summed E-state index contributed by atoms with van der Waals surface area (Å²) in [6, 6.07) is 5.29. The maximum atomic E-state index is 12.0. The molecule has 1 heterocycles. The van der Waals surface area contributed by atoms with E-state index in [1.54, 1.807) is 0 Å². The Kier molecular flexibility index (Phi) is 3.47. The summed E-state index contributed by atoms with van der Waals surface area (Å²) in [5, 5.41) is 0. The van der Waals surface area contributed by atoms with E-state index in [0.29, 0.717) is 18.8 Å². The Bertz CT molecular complexity index is 399. The molecule has 0 spiro atoms. The van der Waals surface area contributed by atoms with E-state index in [9.17, 15) is 13.2 Å². The van der Waals surface area contributed by atoms with E-state index in [4.69, 9.17) is 15.2 Å². The van der Waals surface area contributed by atoms with E-state index in [2.05, 4.69) is 4.74 Å². The van der Waals surface area contributed by atoms with Crippen molar-refractivity contribution >= 4 is 0 Å². The van der Waals surface area contributed by atoms with Crippen LogP contribution in [0.3, 0.4) is 0 Å². The summed E-state index contributed by atoms with van der Waals surface area (Å²) in [5.41, 5.74) is 6.15. The van der Waals surface area contributed by atoms with Crippen molar-refractivity contribution in [3.63, 3.8) is 0 Å². The molecule has 0 bridgehead atoms. The molecule has 0 atom stereocenters. The Balaban J connectivity index is 2.16. The van der Waals surface area contributed by atoms with Crippen molar-refractivity contribution in [1.29, 1.82) is 0 Å². The van der Waals surface area contributed by atoms with E-state index in [1.165, 1.54) is 24.3 Å². The number of hydrogen-bond acceptors (Lipinski definition) is 4. The molecule has 7 heteroatoms. The van der Waals surface area contributed by atoms with Gasteiger partial charge in [0.1, 0.15) is 5.75 Å². The lowest BCUT2D eigenvalue weighted by Gasteiger charge is -2.26. The molecule has 1 aliphatic rings. The SMILES string of the molecule is NCC1(c2ccc(OC(F)(F)F)cc2)OCCO1. The lowest BCUT2D eigenvalue weighted by atomic mass is 10.1. The summed E-state index contributed by atoms with van der Waals surface area (Å²) in [7, 11) is 0. The Morgan fingerprint density at radius 1 is 1.17 bits per heavy atom. The van der Waals surface area contributed by atoms with Gasteiger partial charge in [-0.2, -0.15) is 0 Å². The maximum absolute atomic E-state index is 12.0. The van der Waals surface area contributed by atoms with E-state index in [1.807, 2.05) is 0 Å². The van der Waals surface area contributed by atoms with Crippen molar-refractivity contribution in [3.05, 3.63) is 29.8 Å². The van der Waals surface area contributed by atoms with Gasteiger partial charge < -0.3 is 19.9 Å². The van der Waals surface area contributed by atoms with Crippen molar-refractivity contribution < 1.29 is 27.4 Å². The Morgan fingerprint density at radius 3 is 2.17 bits per heavy atom. The molecule has 0 radical (unpaired) electrons. The van der Waals surface area contributed by atoms with E-state index in [-0.39, 0.29) is 12.3 Å². The summed E-state index contributed by atoms with van der Waals surface area (Å²) >= 11 is 0. The first-order valence-corrected chi connectivity index (χ1v) is 5.29. The number of alkyl halides is 3. The Labute approximate surface area is 101 Å². The predicted octanol–water partition coefficient (Wildman–Crippen LogP) is 1.74. The molecule has 2 rings (SSSR count). The van der Waals surface area contributed by atoms with Crippen LogP contribution in [0.15, 0.2) is 24.3 Å². The van der Waals surface area contributed by atoms with Gasteiger partial charge in [-0.25, -0.2) is 0 Å². The van der Waals surface area contributed by atoms with Gasteiger partial charge in [0, 0.05) is 5.56 Å². The highest BCUT2D eigenvalue weighted by Crippen LogP contribution is 2.32. The second-order valence-electron chi connectivity index (χ2n) is 3.73. The predicted molar refractivity (Wildman–Crippen MR) is 55.8 cm³/mol. The molecular formula is C11H12F3NO3. The first-order valence-electron chi connectivity index (χ1n) is 5.29. The van der Waals surface area contributed by atoms with Gasteiger partial charge in [0.05, 0.1) is 19.8 Å². The molecule has 100 valence electrons. The van der Waals surface area contributed by atoms with Crippen molar-refractivity contribution in [2.45, 2.75) is 12.1 Å². The van der Waals surface area contributed by atoms with Crippen LogP contribution in [-0.2, 0) is 15.3 Å². The van der Waals surface area contributed by atoms with Crippen LogP contribution in [0.4, 0.5) is 13.2 Å². The molecule has 1 aromatic carbocycles. The topological polar surface area (TPSA) is 53.7 Å². The Hall–Kier alpha value is -1.31. The molecule has 1 aliphatic heterocycles. The third-order valence-electron chi connectivity index (χ3n) is 2.55. The summed E-state index contributed by atoms with van der Waals surface area (Å²) in [5.74, 6) is -1.35. The highest BCUT2D eigenvalue weighted by Gasteiger charge is 2.37. The zero-order valence-corrected chi connectivity index (χ0v) is 9.37. The monoisotopic (exact) mass is 263 g/mol. The zero-order chi connectivity index (χ0) is 13.2. The average Bonchev–Trinajstić information content (AvgIpc) is 2.77. The normalized spacial score (nSPS) is 18.9. The van der Waals surface area contributed by atoms with Gasteiger partial charge in [-0.05, 0) is 24.3 Å². The van der Waals surface area contributed by atoms with Crippen LogP contribution in [0.25, 0.3) is 0 Å². The summed E-state index contributed by atoms with van der Waals surface area (Å²) in [4.78, 5) is 0. The third-order valence-corrected chi connectivity index (χ3v) is 2.55. The summed E-state index contributed by atoms with van der Waals surface area (Å²) in [6.45, 7) is 0.891. The minimum atomic E-state index is -4.70. The van der Waals surface area contributed by atoms with Crippen molar-refractivity contribution in [2.24, 2.45) is 5.73 Å². The maximum Gasteiger partial charge on any atom is 0.573 e. The van der Waals surface area contributed by atoms with Crippen molar-refractivity contribution in [3.8, 4) is 5.75 Å². The van der Waals surface area contributed by atoms with Crippen molar-refractivity contribution in [2.75, 3.05) is 19.8 Å². The number of halogens is 3. The average molecular weight is 263 g/mol. The molecule has 18 heavy (non-hydrogen) atoms. The fourth-order valence-corrected chi connectivity index (χ4v) is 1.77. The van der Waals surface area contributed by atoms with Crippen LogP contribution in [0.1, 0.15) is 5.56 Å². The van der Waals surface area contributed by atoms with Crippen LogP contribution < -0.4 is 10.5 Å².